The number of hydrogen-bond acceptors (Lipinski definition) is 2. The zero-order chi connectivity index (χ0) is 19.9. The number of nitrogens with zero attached hydrogens (tertiary/aromatic N) is 3. The van der Waals surface area contributed by atoms with Gasteiger partial charge in [-0.3, -0.25) is 4.90 Å². The molecule has 1 aliphatic rings. The number of aryl methyl sites for hydroxylation is 1. The third kappa shape index (κ3) is 3.56. The Morgan fingerprint density at radius 2 is 1.75 bits per heavy atom. The van der Waals surface area contributed by atoms with Crippen LogP contribution in [0, 0.1) is 6.92 Å². The fraction of sp³-hybridized carbons (Fsp3) is 0.318. The lowest BCUT2D eigenvalue weighted by atomic mass is 10.1. The zero-order valence-electron chi connectivity index (χ0n) is 15.9. The van der Waals surface area contributed by atoms with Gasteiger partial charge in [0.15, 0.2) is 0 Å². The first kappa shape index (κ1) is 18.7. The van der Waals surface area contributed by atoms with Crippen LogP contribution in [-0.2, 0) is 32.7 Å². The summed E-state index contributed by atoms with van der Waals surface area (Å²) in [6.45, 7) is 4.71. The Kier molecular flexibility index (Phi) is 4.75. The standard InChI is InChI=1S/C22H22F3N3/c1-15-5-3-4-6-17(15)13-28-12-11-19-20(14-28)27(2)21(26-19)16-7-9-18(10-8-16)22(23,24)25/h3-10H,11-14H2,1-2H3. The van der Waals surface area contributed by atoms with Gasteiger partial charge in [0.05, 0.1) is 17.0 Å². The molecule has 1 aliphatic heterocycles. The zero-order valence-corrected chi connectivity index (χ0v) is 15.9. The number of benzene rings is 2. The molecule has 2 aromatic carbocycles. The van der Waals surface area contributed by atoms with Gasteiger partial charge in [0.1, 0.15) is 5.82 Å². The van der Waals surface area contributed by atoms with E-state index in [9.17, 15) is 13.2 Å². The molecule has 0 fully saturated rings. The molecule has 2 heterocycles. The first-order chi connectivity index (χ1) is 13.3. The Morgan fingerprint density at radius 1 is 1.04 bits per heavy atom. The van der Waals surface area contributed by atoms with Crippen molar-refractivity contribution < 1.29 is 13.2 Å². The summed E-state index contributed by atoms with van der Waals surface area (Å²) in [7, 11) is 1.94. The van der Waals surface area contributed by atoms with Crippen LogP contribution in [0.15, 0.2) is 48.5 Å². The molecular weight excluding hydrogens is 363 g/mol. The molecule has 0 unspecified atom stereocenters. The first-order valence-electron chi connectivity index (χ1n) is 9.32. The smallest absolute Gasteiger partial charge is 0.330 e. The Hall–Kier alpha value is -2.60. The summed E-state index contributed by atoms with van der Waals surface area (Å²) in [5.41, 5.74) is 4.84. The van der Waals surface area contributed by atoms with Gasteiger partial charge in [-0.2, -0.15) is 13.2 Å². The summed E-state index contributed by atoms with van der Waals surface area (Å²) in [5.74, 6) is 0.719. The van der Waals surface area contributed by atoms with Crippen LogP contribution < -0.4 is 0 Å². The van der Waals surface area contributed by atoms with Crippen molar-refractivity contribution >= 4 is 0 Å². The summed E-state index contributed by atoms with van der Waals surface area (Å²) >= 11 is 0. The van der Waals surface area contributed by atoms with Gasteiger partial charge in [-0.1, -0.05) is 36.4 Å². The minimum absolute atomic E-state index is 0.639. The van der Waals surface area contributed by atoms with E-state index in [1.54, 1.807) is 0 Å². The highest BCUT2D eigenvalue weighted by molar-refractivity contribution is 5.58. The Labute approximate surface area is 162 Å². The maximum Gasteiger partial charge on any atom is 0.416 e. The van der Waals surface area contributed by atoms with Gasteiger partial charge in [-0.05, 0) is 30.2 Å². The van der Waals surface area contributed by atoms with E-state index in [0.29, 0.717) is 5.56 Å². The Morgan fingerprint density at radius 3 is 2.43 bits per heavy atom. The lowest BCUT2D eigenvalue weighted by Crippen LogP contribution is -2.31. The van der Waals surface area contributed by atoms with Crippen molar-refractivity contribution in [3.05, 3.63) is 76.6 Å². The second-order valence-electron chi connectivity index (χ2n) is 7.35. The number of fused-ring (bicyclic) bond motifs is 1. The fourth-order valence-electron chi connectivity index (χ4n) is 3.77. The molecule has 0 atom stereocenters. The Balaban J connectivity index is 1.57. The van der Waals surface area contributed by atoms with Gasteiger partial charge < -0.3 is 4.57 Å². The monoisotopic (exact) mass is 385 g/mol. The number of alkyl halides is 3. The molecule has 6 heteroatoms. The summed E-state index contributed by atoms with van der Waals surface area (Å²) in [5, 5.41) is 0. The van der Waals surface area contributed by atoms with E-state index < -0.39 is 11.7 Å². The lowest BCUT2D eigenvalue weighted by molar-refractivity contribution is -0.137. The molecule has 0 saturated heterocycles. The predicted molar refractivity (Wildman–Crippen MR) is 103 cm³/mol. The van der Waals surface area contributed by atoms with Crippen LogP contribution in [0.5, 0.6) is 0 Å². The number of rotatable bonds is 3. The van der Waals surface area contributed by atoms with Gasteiger partial charge >= 0.3 is 6.18 Å². The van der Waals surface area contributed by atoms with Crippen LogP contribution in [-0.4, -0.2) is 21.0 Å². The van der Waals surface area contributed by atoms with Gasteiger partial charge in [0.25, 0.3) is 0 Å². The van der Waals surface area contributed by atoms with E-state index in [0.717, 1.165) is 55.4 Å². The van der Waals surface area contributed by atoms with Gasteiger partial charge in [0, 0.05) is 38.7 Å². The summed E-state index contributed by atoms with van der Waals surface area (Å²) in [6.07, 6.45) is -3.48. The van der Waals surface area contributed by atoms with Crippen LogP contribution in [0.4, 0.5) is 13.2 Å². The van der Waals surface area contributed by atoms with Crippen LogP contribution in [0.3, 0.4) is 0 Å². The largest absolute Gasteiger partial charge is 0.416 e. The number of imidazole rings is 1. The van der Waals surface area contributed by atoms with Crippen molar-refractivity contribution in [2.75, 3.05) is 6.54 Å². The molecule has 0 spiro atoms. The van der Waals surface area contributed by atoms with E-state index in [-0.39, 0.29) is 0 Å². The highest BCUT2D eigenvalue weighted by Gasteiger charge is 2.30. The van der Waals surface area contributed by atoms with E-state index in [1.807, 2.05) is 17.7 Å². The van der Waals surface area contributed by atoms with Crippen molar-refractivity contribution in [1.82, 2.24) is 14.5 Å². The van der Waals surface area contributed by atoms with E-state index in [2.05, 4.69) is 30.0 Å². The molecule has 4 rings (SSSR count). The van der Waals surface area contributed by atoms with Gasteiger partial charge in [-0.15, -0.1) is 0 Å². The quantitative estimate of drug-likeness (QED) is 0.635. The molecule has 0 radical (unpaired) electrons. The van der Waals surface area contributed by atoms with Crippen molar-refractivity contribution in [1.29, 1.82) is 0 Å². The molecule has 3 aromatic rings. The van der Waals surface area contributed by atoms with Crippen LogP contribution in [0.25, 0.3) is 11.4 Å². The molecule has 1 aromatic heterocycles. The third-order valence-corrected chi connectivity index (χ3v) is 5.46. The van der Waals surface area contributed by atoms with Crippen molar-refractivity contribution in [2.45, 2.75) is 32.6 Å². The molecule has 0 amide bonds. The first-order valence-corrected chi connectivity index (χ1v) is 9.32. The minimum atomic E-state index is -4.32. The molecule has 0 saturated carbocycles. The highest BCUT2D eigenvalue weighted by Crippen LogP contribution is 2.32. The maximum atomic E-state index is 12.8. The fourth-order valence-corrected chi connectivity index (χ4v) is 3.77. The van der Waals surface area contributed by atoms with Crippen LogP contribution in [0.1, 0.15) is 28.1 Å². The summed E-state index contributed by atoms with van der Waals surface area (Å²) in [4.78, 5) is 7.12. The SMILES string of the molecule is Cc1ccccc1CN1CCc2nc(-c3ccc(C(F)(F)F)cc3)n(C)c2C1. The van der Waals surface area contributed by atoms with Gasteiger partial charge in [0.2, 0.25) is 0 Å². The van der Waals surface area contributed by atoms with Crippen LogP contribution >= 0.6 is 0 Å². The Bertz CT molecular complexity index is 987. The summed E-state index contributed by atoms with van der Waals surface area (Å²) in [6, 6.07) is 13.6. The topological polar surface area (TPSA) is 21.1 Å². The normalized spacial score (nSPS) is 14.9. The second-order valence-corrected chi connectivity index (χ2v) is 7.35. The second kappa shape index (κ2) is 7.09. The number of halogens is 3. The molecular formula is C22H22F3N3. The molecule has 0 bridgehead atoms. The average molecular weight is 385 g/mol. The molecule has 146 valence electrons. The van der Waals surface area contributed by atoms with E-state index in [1.165, 1.54) is 23.3 Å². The maximum absolute atomic E-state index is 12.8. The number of hydrogen-bond donors (Lipinski definition) is 0. The lowest BCUT2D eigenvalue weighted by Gasteiger charge is -2.27. The minimum Gasteiger partial charge on any atom is -0.330 e. The molecule has 0 aliphatic carbocycles. The molecule has 0 N–H and O–H groups in total. The van der Waals surface area contributed by atoms with Crippen molar-refractivity contribution in [3.63, 3.8) is 0 Å². The molecule has 28 heavy (non-hydrogen) atoms. The third-order valence-electron chi connectivity index (χ3n) is 5.46. The van der Waals surface area contributed by atoms with Crippen molar-refractivity contribution in [2.24, 2.45) is 7.05 Å². The van der Waals surface area contributed by atoms with E-state index >= 15 is 0 Å². The predicted octanol–water partition coefficient (Wildman–Crippen LogP) is 4.97. The average Bonchev–Trinajstić information content (AvgIpc) is 2.99. The highest BCUT2D eigenvalue weighted by atomic mass is 19.4. The van der Waals surface area contributed by atoms with E-state index in [4.69, 9.17) is 4.98 Å². The van der Waals surface area contributed by atoms with Crippen molar-refractivity contribution in [3.8, 4) is 11.4 Å². The number of aromatic nitrogens is 2. The van der Waals surface area contributed by atoms with Gasteiger partial charge in [-0.25, -0.2) is 4.98 Å². The summed E-state index contributed by atoms with van der Waals surface area (Å²) < 4.78 is 40.4. The molecule has 3 nitrogen and oxygen atoms in total. The van der Waals surface area contributed by atoms with Crippen LogP contribution in [0.2, 0.25) is 0 Å².